The number of nitrogens with one attached hydrogen (secondary N) is 3. The fraction of sp³-hybridized carbons (Fsp3) is 0.0769. The Morgan fingerprint density at radius 1 is 1.22 bits per heavy atom. The second kappa shape index (κ2) is 5.23. The number of halogens is 3. The lowest BCUT2D eigenvalue weighted by Crippen LogP contribution is -2.17. The van der Waals surface area contributed by atoms with E-state index in [1.54, 1.807) is 29.4 Å². The molecule has 0 bridgehead atoms. The van der Waals surface area contributed by atoms with Gasteiger partial charge in [-0.2, -0.15) is 18.2 Å². The third-order valence-corrected chi connectivity index (χ3v) is 2.97. The highest BCUT2D eigenvalue weighted by atomic mass is 19.4. The number of hydrogen-bond donors (Lipinski definition) is 3. The molecule has 3 aromatic rings. The molecule has 0 saturated carbocycles. The van der Waals surface area contributed by atoms with E-state index in [4.69, 9.17) is 0 Å². The Hall–Kier alpha value is -3.17. The lowest BCUT2D eigenvalue weighted by atomic mass is 10.1. The van der Waals surface area contributed by atoms with Gasteiger partial charge in [-0.15, -0.1) is 5.10 Å². The molecule has 0 saturated heterocycles. The van der Waals surface area contributed by atoms with E-state index in [1.165, 1.54) is 0 Å². The molecule has 0 spiro atoms. The van der Waals surface area contributed by atoms with Gasteiger partial charge in [0, 0.05) is 17.0 Å². The van der Waals surface area contributed by atoms with Gasteiger partial charge in [0.05, 0.1) is 5.56 Å². The van der Waals surface area contributed by atoms with Crippen molar-refractivity contribution in [2.75, 3.05) is 5.32 Å². The molecule has 10 heteroatoms. The quantitative estimate of drug-likeness (QED) is 0.670. The van der Waals surface area contributed by atoms with Crippen LogP contribution in [-0.2, 0) is 6.18 Å². The average Bonchev–Trinajstić information content (AvgIpc) is 2.95. The molecule has 23 heavy (non-hydrogen) atoms. The number of anilines is 1. The predicted molar refractivity (Wildman–Crippen MR) is 73.9 cm³/mol. The number of pyridine rings is 1. The van der Waals surface area contributed by atoms with Crippen molar-refractivity contribution in [2.24, 2.45) is 0 Å². The Morgan fingerprint density at radius 3 is 2.65 bits per heavy atom. The van der Waals surface area contributed by atoms with Crippen LogP contribution < -0.4 is 10.9 Å². The summed E-state index contributed by atoms with van der Waals surface area (Å²) in [5, 5.41) is 7.52. The number of fused-ring (bicyclic) bond motifs is 1. The third-order valence-electron chi connectivity index (χ3n) is 2.97. The lowest BCUT2D eigenvalue weighted by molar-refractivity contribution is -0.144. The van der Waals surface area contributed by atoms with Crippen LogP contribution >= 0.6 is 0 Å². The Labute approximate surface area is 125 Å². The van der Waals surface area contributed by atoms with E-state index in [2.05, 4.69) is 20.4 Å². The van der Waals surface area contributed by atoms with Crippen molar-refractivity contribution in [3.8, 4) is 0 Å². The second-order valence-corrected chi connectivity index (χ2v) is 4.55. The van der Waals surface area contributed by atoms with Gasteiger partial charge in [-0.05, 0) is 6.07 Å². The van der Waals surface area contributed by atoms with Gasteiger partial charge in [0.25, 0.3) is 5.91 Å². The zero-order chi connectivity index (χ0) is 16.6. The van der Waals surface area contributed by atoms with E-state index in [1.807, 2.05) is 0 Å². The van der Waals surface area contributed by atoms with Crippen LogP contribution in [0.4, 0.5) is 19.1 Å². The van der Waals surface area contributed by atoms with Crippen molar-refractivity contribution in [2.45, 2.75) is 6.18 Å². The third kappa shape index (κ3) is 2.91. The molecule has 0 unspecified atom stereocenters. The maximum absolute atomic E-state index is 12.4. The molecule has 1 amide bonds. The predicted octanol–water partition coefficient (Wildman–Crippen LogP) is 1.92. The first-order valence-corrected chi connectivity index (χ1v) is 6.27. The number of aromatic amines is 2. The number of nitrogens with zero attached hydrogens (tertiary/aromatic N) is 2. The number of carbonyl (C=O) groups is 1. The Bertz CT molecular complexity index is 944. The van der Waals surface area contributed by atoms with Gasteiger partial charge in [0.15, 0.2) is 0 Å². The summed E-state index contributed by atoms with van der Waals surface area (Å²) in [5.41, 5.74) is -0.0846. The zero-order valence-electron chi connectivity index (χ0n) is 11.2. The number of H-pyrrole nitrogens is 2. The van der Waals surface area contributed by atoms with Crippen molar-refractivity contribution in [3.63, 3.8) is 0 Å². The SMILES string of the molecule is O=C(Nc1n[nH]c(C(F)(F)F)n1)c1cc(=O)[nH]c2ccccc12. The van der Waals surface area contributed by atoms with E-state index in [0.717, 1.165) is 6.07 Å². The molecule has 0 aliphatic rings. The van der Waals surface area contributed by atoms with Crippen LogP contribution in [0.15, 0.2) is 35.1 Å². The summed E-state index contributed by atoms with van der Waals surface area (Å²) in [6.07, 6.45) is -4.70. The van der Waals surface area contributed by atoms with Crippen LogP contribution in [0, 0.1) is 0 Å². The maximum atomic E-state index is 12.4. The molecular weight excluding hydrogens is 315 g/mol. The highest BCUT2D eigenvalue weighted by molar-refractivity contribution is 6.11. The van der Waals surface area contributed by atoms with Gasteiger partial charge in [-0.25, -0.2) is 0 Å². The van der Waals surface area contributed by atoms with Crippen LogP contribution in [-0.4, -0.2) is 26.1 Å². The first-order valence-electron chi connectivity index (χ1n) is 6.27. The highest BCUT2D eigenvalue weighted by Crippen LogP contribution is 2.26. The fourth-order valence-corrected chi connectivity index (χ4v) is 2.01. The fourth-order valence-electron chi connectivity index (χ4n) is 2.01. The van der Waals surface area contributed by atoms with Crippen molar-refractivity contribution in [3.05, 3.63) is 52.1 Å². The zero-order valence-corrected chi connectivity index (χ0v) is 11.2. The molecule has 0 aliphatic heterocycles. The van der Waals surface area contributed by atoms with Crippen molar-refractivity contribution in [1.29, 1.82) is 0 Å². The van der Waals surface area contributed by atoms with Gasteiger partial charge in [-0.1, -0.05) is 18.2 Å². The Morgan fingerprint density at radius 2 is 1.96 bits per heavy atom. The maximum Gasteiger partial charge on any atom is 0.451 e. The molecular formula is C13H8F3N5O2. The van der Waals surface area contributed by atoms with Crippen LogP contribution in [0.3, 0.4) is 0 Å². The molecule has 3 N–H and O–H groups in total. The molecule has 7 nitrogen and oxygen atoms in total. The van der Waals surface area contributed by atoms with Crippen molar-refractivity contribution < 1.29 is 18.0 Å². The molecule has 2 aromatic heterocycles. The average molecular weight is 323 g/mol. The monoisotopic (exact) mass is 323 g/mol. The largest absolute Gasteiger partial charge is 0.451 e. The summed E-state index contributed by atoms with van der Waals surface area (Å²) in [6.45, 7) is 0. The smallest absolute Gasteiger partial charge is 0.322 e. The number of benzene rings is 1. The van der Waals surface area contributed by atoms with Gasteiger partial charge >= 0.3 is 6.18 Å². The van der Waals surface area contributed by atoms with Crippen molar-refractivity contribution >= 4 is 22.8 Å². The van der Waals surface area contributed by atoms with Gasteiger partial charge in [-0.3, -0.25) is 20.0 Å². The Kier molecular flexibility index (Phi) is 3.36. The summed E-state index contributed by atoms with van der Waals surface area (Å²) in [7, 11) is 0. The van der Waals surface area contributed by atoms with Crippen LogP contribution in [0.5, 0.6) is 0 Å². The number of hydrogen-bond acceptors (Lipinski definition) is 4. The lowest BCUT2D eigenvalue weighted by Gasteiger charge is -2.05. The molecule has 3 rings (SSSR count). The number of alkyl halides is 3. The van der Waals surface area contributed by atoms with Crippen LogP contribution in [0.1, 0.15) is 16.2 Å². The summed E-state index contributed by atoms with van der Waals surface area (Å²) in [4.78, 5) is 29.5. The number of amides is 1. The van der Waals surface area contributed by atoms with E-state index >= 15 is 0 Å². The van der Waals surface area contributed by atoms with Gasteiger partial charge < -0.3 is 4.98 Å². The second-order valence-electron chi connectivity index (χ2n) is 4.55. The van der Waals surface area contributed by atoms with E-state index in [-0.39, 0.29) is 5.56 Å². The minimum atomic E-state index is -4.70. The normalized spacial score (nSPS) is 11.6. The minimum Gasteiger partial charge on any atom is -0.322 e. The minimum absolute atomic E-state index is 0.00251. The molecule has 0 radical (unpaired) electrons. The topological polar surface area (TPSA) is 104 Å². The molecule has 0 atom stereocenters. The summed E-state index contributed by atoms with van der Waals surface area (Å²) >= 11 is 0. The first-order chi connectivity index (χ1) is 10.8. The molecule has 0 fully saturated rings. The number of para-hydroxylation sites is 1. The van der Waals surface area contributed by atoms with E-state index < -0.39 is 29.4 Å². The van der Waals surface area contributed by atoms with Crippen LogP contribution in [0.2, 0.25) is 0 Å². The molecule has 118 valence electrons. The Balaban J connectivity index is 1.95. The summed E-state index contributed by atoms with van der Waals surface area (Å²) in [6, 6.07) is 7.58. The standard InChI is InChI=1S/C13H8F3N5O2/c14-13(15,16)11-19-12(21-20-11)18-10(23)7-5-9(22)17-8-4-2-1-3-6(7)8/h1-5H,(H,17,22)(H2,18,19,20,21,23). The molecule has 0 aliphatic carbocycles. The summed E-state index contributed by atoms with van der Waals surface area (Å²) < 4.78 is 37.3. The highest BCUT2D eigenvalue weighted by Gasteiger charge is 2.35. The van der Waals surface area contributed by atoms with E-state index in [9.17, 15) is 22.8 Å². The van der Waals surface area contributed by atoms with Gasteiger partial charge in [0.1, 0.15) is 0 Å². The first kappa shape index (κ1) is 14.8. The number of aromatic nitrogens is 4. The van der Waals surface area contributed by atoms with Gasteiger partial charge in [0.2, 0.25) is 17.3 Å². The summed E-state index contributed by atoms with van der Waals surface area (Å²) in [5.74, 6) is -2.66. The van der Waals surface area contributed by atoms with E-state index in [0.29, 0.717) is 10.9 Å². The van der Waals surface area contributed by atoms with Crippen molar-refractivity contribution in [1.82, 2.24) is 20.2 Å². The molecule has 1 aromatic carbocycles. The number of carbonyl (C=O) groups excluding carboxylic acids is 1. The molecule has 2 heterocycles. The van der Waals surface area contributed by atoms with Crippen LogP contribution in [0.25, 0.3) is 10.9 Å². The number of rotatable bonds is 2.